The molecule has 0 amide bonds. The highest BCUT2D eigenvalue weighted by Gasteiger charge is 2.15. The minimum Gasteiger partial charge on any atom is -0.486 e. The third kappa shape index (κ3) is 3.51. The number of thiazole rings is 1. The Labute approximate surface area is 132 Å². The number of thioether (sulfide) groups is 1. The Balaban J connectivity index is 1.69. The van der Waals surface area contributed by atoms with Crippen LogP contribution in [0.5, 0.6) is 11.5 Å². The van der Waals surface area contributed by atoms with Crippen LogP contribution in [-0.2, 0) is 13.1 Å². The monoisotopic (exact) mass is 322 g/mol. The first-order valence-corrected chi connectivity index (χ1v) is 8.95. The van der Waals surface area contributed by atoms with Crippen LogP contribution in [-0.4, -0.2) is 24.5 Å². The van der Waals surface area contributed by atoms with Gasteiger partial charge in [-0.05, 0) is 30.9 Å². The molecule has 0 atom stereocenters. The summed E-state index contributed by atoms with van der Waals surface area (Å²) >= 11 is 3.42. The van der Waals surface area contributed by atoms with Crippen molar-refractivity contribution in [2.24, 2.45) is 0 Å². The zero-order valence-corrected chi connectivity index (χ0v) is 13.8. The molecule has 0 fully saturated rings. The normalized spacial score (nSPS) is 13.4. The third-order valence-corrected chi connectivity index (χ3v) is 4.99. The van der Waals surface area contributed by atoms with Gasteiger partial charge < -0.3 is 14.8 Å². The molecular formula is C15H18N2O2S2. The summed E-state index contributed by atoms with van der Waals surface area (Å²) in [4.78, 5) is 5.68. The number of fused-ring (bicyclic) bond motifs is 1. The van der Waals surface area contributed by atoms with Crippen molar-refractivity contribution in [1.29, 1.82) is 0 Å². The van der Waals surface area contributed by atoms with Gasteiger partial charge in [0.25, 0.3) is 0 Å². The smallest absolute Gasteiger partial charge is 0.162 e. The van der Waals surface area contributed by atoms with Crippen LogP contribution in [0.3, 0.4) is 0 Å². The zero-order chi connectivity index (χ0) is 14.7. The highest BCUT2D eigenvalue weighted by molar-refractivity contribution is 7.98. The van der Waals surface area contributed by atoms with Gasteiger partial charge in [0, 0.05) is 29.1 Å². The van der Waals surface area contributed by atoms with E-state index in [0.29, 0.717) is 13.2 Å². The van der Waals surface area contributed by atoms with Gasteiger partial charge in [0.2, 0.25) is 0 Å². The van der Waals surface area contributed by atoms with Crippen LogP contribution in [0.25, 0.3) is 0 Å². The number of hydrogen-bond acceptors (Lipinski definition) is 6. The summed E-state index contributed by atoms with van der Waals surface area (Å²) in [6.45, 7) is 4.86. The number of benzene rings is 1. The van der Waals surface area contributed by atoms with Crippen LogP contribution >= 0.6 is 23.1 Å². The number of aromatic nitrogens is 1. The van der Waals surface area contributed by atoms with Crippen molar-refractivity contribution in [2.45, 2.75) is 24.9 Å². The van der Waals surface area contributed by atoms with Crippen LogP contribution < -0.4 is 14.8 Å². The molecule has 1 aliphatic rings. The first-order chi connectivity index (χ1) is 10.3. The lowest BCUT2D eigenvalue weighted by atomic mass is 10.2. The van der Waals surface area contributed by atoms with Crippen LogP contribution in [0.15, 0.2) is 22.4 Å². The molecule has 21 heavy (non-hydrogen) atoms. The Morgan fingerprint density at radius 1 is 1.24 bits per heavy atom. The Bertz CT molecular complexity index is 628. The molecule has 1 aromatic heterocycles. The van der Waals surface area contributed by atoms with Crippen molar-refractivity contribution in [3.63, 3.8) is 0 Å². The standard InChI is InChI=1S/C15H18N2O2S2/c1-10-9-21-15(17-10)8-16-7-11-5-12-13(6-14(11)20-2)19-4-3-18-12/h5-6,9,16H,3-4,7-8H2,1-2H3. The topological polar surface area (TPSA) is 43.4 Å². The summed E-state index contributed by atoms with van der Waals surface area (Å²) in [5.41, 5.74) is 2.32. The molecule has 2 heterocycles. The minimum atomic E-state index is 0.622. The summed E-state index contributed by atoms with van der Waals surface area (Å²) < 4.78 is 11.3. The van der Waals surface area contributed by atoms with Crippen molar-refractivity contribution in [1.82, 2.24) is 10.3 Å². The van der Waals surface area contributed by atoms with Gasteiger partial charge in [0.1, 0.15) is 18.2 Å². The number of hydrogen-bond donors (Lipinski definition) is 1. The molecule has 0 saturated carbocycles. The van der Waals surface area contributed by atoms with Crippen molar-refractivity contribution in [2.75, 3.05) is 19.5 Å². The molecular weight excluding hydrogens is 304 g/mol. The highest BCUT2D eigenvalue weighted by atomic mass is 32.2. The van der Waals surface area contributed by atoms with E-state index in [9.17, 15) is 0 Å². The molecule has 1 aliphatic heterocycles. The molecule has 3 rings (SSSR count). The predicted molar refractivity (Wildman–Crippen MR) is 86.6 cm³/mol. The maximum atomic E-state index is 5.66. The predicted octanol–water partition coefficient (Wildman–Crippen LogP) is 3.23. The Morgan fingerprint density at radius 3 is 2.67 bits per heavy atom. The lowest BCUT2D eigenvalue weighted by Crippen LogP contribution is -2.17. The maximum Gasteiger partial charge on any atom is 0.162 e. The van der Waals surface area contributed by atoms with Crippen LogP contribution in [0.4, 0.5) is 0 Å². The van der Waals surface area contributed by atoms with Crippen molar-refractivity contribution in [3.05, 3.63) is 33.8 Å². The van der Waals surface area contributed by atoms with Crippen molar-refractivity contribution in [3.8, 4) is 11.5 Å². The van der Waals surface area contributed by atoms with Crippen LogP contribution in [0.2, 0.25) is 0 Å². The fraction of sp³-hybridized carbons (Fsp3) is 0.400. The number of nitrogens with zero attached hydrogens (tertiary/aromatic N) is 1. The molecule has 4 nitrogen and oxygen atoms in total. The molecule has 112 valence electrons. The Kier molecular flexibility index (Phi) is 4.67. The second-order valence-corrected chi connectivity index (χ2v) is 6.58. The molecule has 0 spiro atoms. The van der Waals surface area contributed by atoms with E-state index in [0.717, 1.165) is 35.3 Å². The van der Waals surface area contributed by atoms with E-state index in [4.69, 9.17) is 9.47 Å². The molecule has 0 saturated heterocycles. The molecule has 0 unspecified atom stereocenters. The van der Waals surface area contributed by atoms with Crippen LogP contribution in [0, 0.1) is 6.92 Å². The third-order valence-electron chi connectivity index (χ3n) is 3.20. The van der Waals surface area contributed by atoms with Gasteiger partial charge in [-0.25, -0.2) is 4.98 Å². The largest absolute Gasteiger partial charge is 0.486 e. The maximum absolute atomic E-state index is 5.66. The first-order valence-electron chi connectivity index (χ1n) is 6.84. The highest BCUT2D eigenvalue weighted by Crippen LogP contribution is 2.36. The van der Waals surface area contributed by atoms with Gasteiger partial charge in [-0.1, -0.05) is 0 Å². The molecule has 0 radical (unpaired) electrons. The molecule has 0 bridgehead atoms. The molecule has 0 aliphatic carbocycles. The van der Waals surface area contributed by atoms with Crippen LogP contribution in [0.1, 0.15) is 16.3 Å². The zero-order valence-electron chi connectivity index (χ0n) is 12.1. The number of nitrogens with one attached hydrogen (secondary N) is 1. The van der Waals surface area contributed by atoms with Gasteiger partial charge in [-0.15, -0.1) is 23.1 Å². The summed E-state index contributed by atoms with van der Waals surface area (Å²) in [6.07, 6.45) is 2.08. The number of aryl methyl sites for hydroxylation is 1. The van der Waals surface area contributed by atoms with E-state index in [1.54, 1.807) is 23.1 Å². The van der Waals surface area contributed by atoms with E-state index in [-0.39, 0.29) is 0 Å². The fourth-order valence-electron chi connectivity index (χ4n) is 2.23. The molecule has 6 heteroatoms. The summed E-state index contributed by atoms with van der Waals surface area (Å²) in [5, 5.41) is 6.65. The minimum absolute atomic E-state index is 0.622. The van der Waals surface area contributed by atoms with Crippen molar-refractivity contribution < 1.29 is 9.47 Å². The van der Waals surface area contributed by atoms with Gasteiger partial charge in [0.05, 0.1) is 0 Å². The number of ether oxygens (including phenoxy) is 2. The summed E-state index contributed by atoms with van der Waals surface area (Å²) in [7, 11) is 0. The van der Waals surface area contributed by atoms with Gasteiger partial charge in [-0.3, -0.25) is 0 Å². The second kappa shape index (κ2) is 6.68. The quantitative estimate of drug-likeness (QED) is 0.856. The molecule has 2 aromatic rings. The Morgan fingerprint density at radius 2 is 2.00 bits per heavy atom. The average Bonchev–Trinajstić information content (AvgIpc) is 2.92. The van der Waals surface area contributed by atoms with Gasteiger partial charge in [-0.2, -0.15) is 0 Å². The molecule has 1 aromatic carbocycles. The van der Waals surface area contributed by atoms with Crippen molar-refractivity contribution >= 4 is 23.1 Å². The fourth-order valence-corrected chi connectivity index (χ4v) is 3.59. The van der Waals surface area contributed by atoms with E-state index in [1.807, 2.05) is 6.92 Å². The molecule has 1 N–H and O–H groups in total. The Hall–Kier alpha value is -1.24. The van der Waals surface area contributed by atoms with E-state index >= 15 is 0 Å². The lowest BCUT2D eigenvalue weighted by Gasteiger charge is -2.20. The summed E-state index contributed by atoms with van der Waals surface area (Å²) in [5.74, 6) is 1.70. The lowest BCUT2D eigenvalue weighted by molar-refractivity contribution is 0.171. The number of rotatable bonds is 5. The van der Waals surface area contributed by atoms with E-state index < -0.39 is 0 Å². The SMILES string of the molecule is CSc1cc2c(cc1CNCc1nc(C)cs1)OCCO2. The van der Waals surface area contributed by atoms with E-state index in [1.165, 1.54) is 10.5 Å². The first kappa shape index (κ1) is 14.7. The van der Waals surface area contributed by atoms with E-state index in [2.05, 4.69) is 34.1 Å². The van der Waals surface area contributed by atoms with Gasteiger partial charge in [0.15, 0.2) is 11.5 Å². The van der Waals surface area contributed by atoms with Gasteiger partial charge >= 0.3 is 0 Å². The second-order valence-electron chi connectivity index (χ2n) is 4.79. The average molecular weight is 322 g/mol. The summed E-state index contributed by atoms with van der Waals surface area (Å²) in [6, 6.07) is 4.16.